The van der Waals surface area contributed by atoms with Gasteiger partial charge in [0.25, 0.3) is 0 Å². The molecular formula is C14H17NO2S. The quantitative estimate of drug-likeness (QED) is 0.503. The Hall–Kier alpha value is -1.81. The van der Waals surface area contributed by atoms with Gasteiger partial charge in [0, 0.05) is 12.6 Å². The molecule has 1 rings (SSSR count). The van der Waals surface area contributed by atoms with E-state index in [9.17, 15) is 4.79 Å². The molecular weight excluding hydrogens is 246 g/mol. The highest BCUT2D eigenvalue weighted by Gasteiger charge is 2.08. The molecule has 0 saturated carbocycles. The molecule has 0 unspecified atom stereocenters. The van der Waals surface area contributed by atoms with Crippen LogP contribution in [-0.4, -0.2) is 22.3 Å². The number of phenols is 1. The number of thioether (sulfide) groups is 1. The second-order valence-corrected chi connectivity index (χ2v) is 3.99. The minimum Gasteiger partial charge on any atom is -0.508 e. The Morgan fingerprint density at radius 3 is 2.33 bits per heavy atom. The van der Waals surface area contributed by atoms with E-state index in [4.69, 9.17) is 5.11 Å². The van der Waals surface area contributed by atoms with E-state index in [0.29, 0.717) is 10.6 Å². The number of aromatic hydroxyl groups is 1. The van der Waals surface area contributed by atoms with Crippen molar-refractivity contribution in [3.8, 4) is 5.75 Å². The number of allylic oxidation sites excluding steroid dienone is 1. The minimum absolute atomic E-state index is 0.0845. The van der Waals surface area contributed by atoms with Crippen molar-refractivity contribution < 1.29 is 9.90 Å². The van der Waals surface area contributed by atoms with Crippen LogP contribution in [0, 0.1) is 0 Å². The maximum Gasteiger partial charge on any atom is 0.225 e. The van der Waals surface area contributed by atoms with E-state index in [2.05, 4.69) is 18.2 Å². The van der Waals surface area contributed by atoms with Crippen molar-refractivity contribution >= 4 is 21.9 Å². The molecule has 4 heteroatoms. The van der Waals surface area contributed by atoms with Gasteiger partial charge in [-0.15, -0.1) is 13.2 Å². The van der Waals surface area contributed by atoms with Crippen LogP contribution in [0.2, 0.25) is 0 Å². The summed E-state index contributed by atoms with van der Waals surface area (Å²) in [4.78, 5) is 15.8. The molecule has 1 aromatic carbocycles. The van der Waals surface area contributed by atoms with Gasteiger partial charge in [-0.2, -0.15) is 0 Å². The maximum atomic E-state index is 11.8. The molecule has 0 saturated heterocycles. The van der Waals surface area contributed by atoms with Crippen LogP contribution in [0.25, 0.3) is 0 Å². The zero-order chi connectivity index (χ0) is 14.0. The Morgan fingerprint density at radius 2 is 1.89 bits per heavy atom. The average Bonchev–Trinajstić information content (AvgIpc) is 2.41. The first-order chi connectivity index (χ1) is 8.67. The fraction of sp³-hybridized carbons (Fsp3) is 0.143. The van der Waals surface area contributed by atoms with Gasteiger partial charge in [0.15, 0.2) is 0 Å². The Bertz CT molecular complexity index is 436. The Labute approximate surface area is 112 Å². The van der Waals surface area contributed by atoms with E-state index in [1.165, 1.54) is 12.1 Å². The van der Waals surface area contributed by atoms with Crippen LogP contribution in [0.3, 0.4) is 0 Å². The molecule has 0 atom stereocenters. The van der Waals surface area contributed by atoms with Crippen LogP contribution in [0.1, 0.15) is 17.3 Å². The summed E-state index contributed by atoms with van der Waals surface area (Å²) in [6, 6.07) is 6.17. The van der Waals surface area contributed by atoms with Gasteiger partial charge in [-0.3, -0.25) is 9.79 Å². The SMILES string of the molecule is C/C=C\C(=NC)SC(=O)c1ccc(O)cc1.C=C. The molecule has 0 spiro atoms. The van der Waals surface area contributed by atoms with Gasteiger partial charge >= 0.3 is 0 Å². The molecule has 0 bridgehead atoms. The largest absolute Gasteiger partial charge is 0.508 e. The first-order valence-electron chi connectivity index (χ1n) is 5.28. The lowest BCUT2D eigenvalue weighted by molar-refractivity contribution is 0.109. The van der Waals surface area contributed by atoms with E-state index in [1.807, 2.05) is 13.0 Å². The first-order valence-corrected chi connectivity index (χ1v) is 6.09. The fourth-order valence-corrected chi connectivity index (χ4v) is 1.79. The number of hydrogen-bond acceptors (Lipinski definition) is 4. The van der Waals surface area contributed by atoms with Crippen molar-refractivity contribution in [2.75, 3.05) is 7.05 Å². The Morgan fingerprint density at radius 1 is 1.33 bits per heavy atom. The number of phenolic OH excluding ortho intramolecular Hbond substituents is 1. The van der Waals surface area contributed by atoms with Crippen molar-refractivity contribution in [2.45, 2.75) is 6.92 Å². The summed E-state index contributed by atoms with van der Waals surface area (Å²) >= 11 is 1.07. The van der Waals surface area contributed by atoms with Crippen molar-refractivity contribution in [3.05, 3.63) is 55.1 Å². The lowest BCUT2D eigenvalue weighted by Crippen LogP contribution is -1.98. The predicted octanol–water partition coefficient (Wildman–Crippen LogP) is 3.67. The number of hydrogen-bond donors (Lipinski definition) is 1. The number of carbonyl (C=O) groups excluding carboxylic acids is 1. The standard InChI is InChI=1S/C12H13NO2S.C2H4/c1-3-4-11(13-2)16-12(15)9-5-7-10(14)8-6-9;1-2/h3-8,14H,1-2H3;1-2H2/b4-3-,13-11?;. The van der Waals surface area contributed by atoms with Gasteiger partial charge in [0.2, 0.25) is 5.12 Å². The van der Waals surface area contributed by atoms with Crippen molar-refractivity contribution in [1.29, 1.82) is 0 Å². The highest BCUT2D eigenvalue weighted by molar-refractivity contribution is 8.27. The zero-order valence-corrected chi connectivity index (χ0v) is 11.4. The van der Waals surface area contributed by atoms with E-state index in [0.717, 1.165) is 11.8 Å². The molecule has 0 fully saturated rings. The van der Waals surface area contributed by atoms with Gasteiger partial charge in [-0.05, 0) is 49.0 Å². The van der Waals surface area contributed by atoms with Gasteiger partial charge in [0.1, 0.15) is 5.75 Å². The summed E-state index contributed by atoms with van der Waals surface area (Å²) in [6.07, 6.45) is 3.61. The monoisotopic (exact) mass is 263 g/mol. The summed E-state index contributed by atoms with van der Waals surface area (Å²) in [7, 11) is 1.65. The number of nitrogens with zero attached hydrogens (tertiary/aromatic N) is 1. The maximum absolute atomic E-state index is 11.8. The number of rotatable bonds is 2. The average molecular weight is 263 g/mol. The summed E-state index contributed by atoms with van der Waals surface area (Å²) in [5, 5.41) is 9.68. The van der Waals surface area contributed by atoms with Crippen molar-refractivity contribution in [3.63, 3.8) is 0 Å². The second-order valence-electron chi connectivity index (χ2n) is 3.00. The van der Waals surface area contributed by atoms with Gasteiger partial charge in [-0.25, -0.2) is 0 Å². The first kappa shape index (κ1) is 16.2. The third kappa shape index (κ3) is 5.50. The fourth-order valence-electron chi connectivity index (χ4n) is 1.05. The molecule has 1 N–H and O–H groups in total. The smallest absolute Gasteiger partial charge is 0.225 e. The van der Waals surface area contributed by atoms with Crippen molar-refractivity contribution in [2.24, 2.45) is 4.99 Å². The number of carbonyl (C=O) groups is 1. The third-order valence-corrected chi connectivity index (χ3v) is 2.78. The molecule has 18 heavy (non-hydrogen) atoms. The van der Waals surface area contributed by atoms with Crippen LogP contribution in [0.4, 0.5) is 0 Å². The molecule has 0 aliphatic carbocycles. The van der Waals surface area contributed by atoms with Crippen LogP contribution < -0.4 is 0 Å². The van der Waals surface area contributed by atoms with Gasteiger partial charge in [-0.1, -0.05) is 6.08 Å². The summed E-state index contributed by atoms with van der Waals surface area (Å²) < 4.78 is 0. The number of aliphatic imine (C=N–C) groups is 1. The molecule has 96 valence electrons. The molecule has 0 aromatic heterocycles. The van der Waals surface area contributed by atoms with E-state index in [1.54, 1.807) is 25.3 Å². The lowest BCUT2D eigenvalue weighted by atomic mass is 10.2. The van der Waals surface area contributed by atoms with Gasteiger partial charge in [0.05, 0.1) is 5.04 Å². The van der Waals surface area contributed by atoms with Crippen LogP contribution in [-0.2, 0) is 0 Å². The molecule has 0 aliphatic rings. The zero-order valence-electron chi connectivity index (χ0n) is 10.6. The van der Waals surface area contributed by atoms with Crippen molar-refractivity contribution in [1.82, 2.24) is 0 Å². The summed E-state index contributed by atoms with van der Waals surface area (Å²) in [5.41, 5.74) is 0.549. The van der Waals surface area contributed by atoms with Crippen LogP contribution >= 0.6 is 11.8 Å². The molecule has 3 nitrogen and oxygen atoms in total. The second kappa shape index (κ2) is 9.24. The minimum atomic E-state index is -0.0845. The molecule has 0 heterocycles. The van der Waals surface area contributed by atoms with E-state index in [-0.39, 0.29) is 10.9 Å². The third-order valence-electron chi connectivity index (χ3n) is 1.83. The normalized spacial score (nSPS) is 10.9. The van der Waals surface area contributed by atoms with E-state index >= 15 is 0 Å². The van der Waals surface area contributed by atoms with Gasteiger partial charge < -0.3 is 5.11 Å². The van der Waals surface area contributed by atoms with Crippen LogP contribution in [0.15, 0.2) is 54.6 Å². The molecule has 0 aliphatic heterocycles. The van der Waals surface area contributed by atoms with E-state index < -0.39 is 0 Å². The molecule has 0 amide bonds. The Balaban J connectivity index is 0.00000137. The summed E-state index contributed by atoms with van der Waals surface area (Å²) in [6.45, 7) is 7.87. The van der Waals surface area contributed by atoms with Crippen LogP contribution in [0.5, 0.6) is 5.75 Å². The lowest BCUT2D eigenvalue weighted by Gasteiger charge is -2.00. The summed E-state index contributed by atoms with van der Waals surface area (Å²) in [5.74, 6) is 0.152. The molecule has 0 radical (unpaired) electrons. The molecule has 1 aromatic rings. The number of benzene rings is 1. The highest BCUT2D eigenvalue weighted by Crippen LogP contribution is 2.17. The Kier molecular flexibility index (Phi) is 8.31. The predicted molar refractivity (Wildman–Crippen MR) is 79.5 cm³/mol. The topological polar surface area (TPSA) is 49.7 Å². The highest BCUT2D eigenvalue weighted by atomic mass is 32.2.